The number of hydrogen-bond acceptors (Lipinski definition) is 2. The third kappa shape index (κ3) is 3.01. The summed E-state index contributed by atoms with van der Waals surface area (Å²) in [5, 5.41) is 3.62. The van der Waals surface area contributed by atoms with Crippen molar-refractivity contribution >= 4 is 0 Å². The Labute approximate surface area is 104 Å². The van der Waals surface area contributed by atoms with Gasteiger partial charge in [0.2, 0.25) is 0 Å². The minimum Gasteiger partial charge on any atom is -0.497 e. The van der Waals surface area contributed by atoms with Gasteiger partial charge < -0.3 is 10.1 Å². The maximum absolute atomic E-state index is 5.30. The van der Waals surface area contributed by atoms with Crippen LogP contribution < -0.4 is 10.1 Å². The zero-order chi connectivity index (χ0) is 12.5. The summed E-state index contributed by atoms with van der Waals surface area (Å²) >= 11 is 0. The summed E-state index contributed by atoms with van der Waals surface area (Å²) < 4.78 is 5.30. The van der Waals surface area contributed by atoms with Gasteiger partial charge in [-0.15, -0.1) is 0 Å². The van der Waals surface area contributed by atoms with Gasteiger partial charge in [0, 0.05) is 17.5 Å². The van der Waals surface area contributed by atoms with Gasteiger partial charge in [0.25, 0.3) is 0 Å². The maximum atomic E-state index is 5.30. The summed E-state index contributed by atoms with van der Waals surface area (Å²) in [6.45, 7) is 7.71. The third-order valence-electron chi connectivity index (χ3n) is 3.49. The largest absolute Gasteiger partial charge is 0.497 e. The van der Waals surface area contributed by atoms with Crippen LogP contribution in [0.3, 0.4) is 0 Å². The molecule has 1 N–H and O–H groups in total. The van der Waals surface area contributed by atoms with E-state index in [0.717, 1.165) is 12.3 Å². The second kappa shape index (κ2) is 4.34. The molecule has 2 nitrogen and oxygen atoms in total. The van der Waals surface area contributed by atoms with Crippen molar-refractivity contribution in [3.05, 3.63) is 29.8 Å². The SMILES string of the molecule is COc1cccc(C2(CNC(C)(C)C)CC2)c1. The van der Waals surface area contributed by atoms with Crippen molar-refractivity contribution in [3.63, 3.8) is 0 Å². The molecule has 2 rings (SSSR count). The van der Waals surface area contributed by atoms with E-state index in [0.29, 0.717) is 5.41 Å². The first-order valence-corrected chi connectivity index (χ1v) is 6.35. The van der Waals surface area contributed by atoms with Gasteiger partial charge in [-0.1, -0.05) is 12.1 Å². The van der Waals surface area contributed by atoms with Gasteiger partial charge >= 0.3 is 0 Å². The summed E-state index contributed by atoms with van der Waals surface area (Å²) in [4.78, 5) is 0. The second-order valence-corrected chi connectivity index (χ2v) is 6.12. The number of rotatable bonds is 4. The summed E-state index contributed by atoms with van der Waals surface area (Å²) in [5.74, 6) is 0.963. The quantitative estimate of drug-likeness (QED) is 0.862. The Morgan fingerprint density at radius 2 is 2.00 bits per heavy atom. The molecule has 0 bridgehead atoms. The van der Waals surface area contributed by atoms with Gasteiger partial charge in [0.05, 0.1) is 7.11 Å². The van der Waals surface area contributed by atoms with E-state index in [1.54, 1.807) is 7.11 Å². The molecule has 0 aromatic heterocycles. The maximum Gasteiger partial charge on any atom is 0.119 e. The number of methoxy groups -OCH3 is 1. The minimum absolute atomic E-state index is 0.189. The van der Waals surface area contributed by atoms with Crippen molar-refractivity contribution in [2.75, 3.05) is 13.7 Å². The van der Waals surface area contributed by atoms with Crippen LogP contribution in [0.5, 0.6) is 5.75 Å². The molecule has 1 aliphatic rings. The summed E-state index contributed by atoms with van der Waals surface area (Å²) in [6.07, 6.45) is 2.56. The molecule has 0 unspecified atom stereocenters. The Morgan fingerprint density at radius 1 is 1.29 bits per heavy atom. The summed E-state index contributed by atoms with van der Waals surface area (Å²) in [6, 6.07) is 8.50. The summed E-state index contributed by atoms with van der Waals surface area (Å²) in [7, 11) is 1.73. The average molecular weight is 233 g/mol. The number of nitrogens with one attached hydrogen (secondary N) is 1. The lowest BCUT2D eigenvalue weighted by Gasteiger charge is -2.25. The average Bonchev–Trinajstić information content (AvgIpc) is 3.07. The second-order valence-electron chi connectivity index (χ2n) is 6.12. The lowest BCUT2D eigenvalue weighted by atomic mass is 9.94. The Morgan fingerprint density at radius 3 is 2.53 bits per heavy atom. The van der Waals surface area contributed by atoms with Crippen LogP contribution in [0.25, 0.3) is 0 Å². The highest BCUT2D eigenvalue weighted by molar-refractivity contribution is 5.38. The fraction of sp³-hybridized carbons (Fsp3) is 0.600. The fourth-order valence-corrected chi connectivity index (χ4v) is 2.11. The molecule has 0 aliphatic heterocycles. The van der Waals surface area contributed by atoms with Gasteiger partial charge in [-0.25, -0.2) is 0 Å². The first-order chi connectivity index (χ1) is 7.95. The van der Waals surface area contributed by atoms with E-state index in [4.69, 9.17) is 4.74 Å². The molecule has 94 valence electrons. The molecule has 1 aliphatic carbocycles. The molecule has 0 heterocycles. The van der Waals surface area contributed by atoms with Crippen molar-refractivity contribution < 1.29 is 4.74 Å². The molecule has 1 aromatic rings. The van der Waals surface area contributed by atoms with Gasteiger partial charge in [-0.05, 0) is 51.3 Å². The highest BCUT2D eigenvalue weighted by Crippen LogP contribution is 2.48. The first kappa shape index (κ1) is 12.4. The molecule has 0 spiro atoms. The van der Waals surface area contributed by atoms with E-state index in [1.165, 1.54) is 18.4 Å². The van der Waals surface area contributed by atoms with Crippen LogP contribution in [0.1, 0.15) is 39.2 Å². The zero-order valence-corrected chi connectivity index (χ0v) is 11.3. The van der Waals surface area contributed by atoms with E-state index in [9.17, 15) is 0 Å². The predicted molar refractivity (Wildman–Crippen MR) is 71.7 cm³/mol. The molecule has 0 radical (unpaired) electrons. The molecule has 0 saturated heterocycles. The zero-order valence-electron chi connectivity index (χ0n) is 11.3. The molecule has 2 heteroatoms. The van der Waals surface area contributed by atoms with Crippen LogP contribution in [0.2, 0.25) is 0 Å². The van der Waals surface area contributed by atoms with Crippen molar-refractivity contribution in [3.8, 4) is 5.75 Å². The number of benzene rings is 1. The molecule has 0 atom stereocenters. The van der Waals surface area contributed by atoms with Crippen molar-refractivity contribution in [1.82, 2.24) is 5.32 Å². The van der Waals surface area contributed by atoms with Gasteiger partial charge in [-0.3, -0.25) is 0 Å². The summed E-state index contributed by atoms with van der Waals surface area (Å²) in [5.41, 5.74) is 1.95. The van der Waals surface area contributed by atoms with E-state index >= 15 is 0 Å². The minimum atomic E-state index is 0.189. The number of ether oxygens (including phenoxy) is 1. The van der Waals surface area contributed by atoms with Gasteiger partial charge in [-0.2, -0.15) is 0 Å². The molecule has 1 fully saturated rings. The van der Waals surface area contributed by atoms with E-state index in [1.807, 2.05) is 6.07 Å². The molecular weight excluding hydrogens is 210 g/mol. The third-order valence-corrected chi connectivity index (χ3v) is 3.49. The van der Waals surface area contributed by atoms with Crippen molar-refractivity contribution in [1.29, 1.82) is 0 Å². The molecule has 0 amide bonds. The Kier molecular flexibility index (Phi) is 3.17. The van der Waals surface area contributed by atoms with Crippen LogP contribution in [0, 0.1) is 0 Å². The van der Waals surface area contributed by atoms with Crippen LogP contribution in [0.15, 0.2) is 24.3 Å². The molecule has 1 saturated carbocycles. The fourth-order valence-electron chi connectivity index (χ4n) is 2.11. The highest BCUT2D eigenvalue weighted by atomic mass is 16.5. The molecule has 1 aromatic carbocycles. The number of hydrogen-bond donors (Lipinski definition) is 1. The molecule has 17 heavy (non-hydrogen) atoms. The van der Waals surface area contributed by atoms with Crippen LogP contribution >= 0.6 is 0 Å². The Bertz CT molecular complexity index is 388. The lowest BCUT2D eigenvalue weighted by molar-refractivity contribution is 0.396. The monoisotopic (exact) mass is 233 g/mol. The smallest absolute Gasteiger partial charge is 0.119 e. The normalized spacial score (nSPS) is 17.9. The Balaban J connectivity index is 2.10. The van der Waals surface area contributed by atoms with Gasteiger partial charge in [0.15, 0.2) is 0 Å². The highest BCUT2D eigenvalue weighted by Gasteiger charge is 2.44. The first-order valence-electron chi connectivity index (χ1n) is 6.35. The molecular formula is C15H23NO. The van der Waals surface area contributed by atoms with Crippen LogP contribution in [-0.2, 0) is 5.41 Å². The van der Waals surface area contributed by atoms with Crippen molar-refractivity contribution in [2.45, 2.75) is 44.6 Å². The standard InChI is InChI=1S/C15H23NO/c1-14(2,3)16-11-15(8-9-15)12-6-5-7-13(10-12)17-4/h5-7,10,16H,8-9,11H2,1-4H3. The van der Waals surface area contributed by atoms with Gasteiger partial charge in [0.1, 0.15) is 5.75 Å². The van der Waals surface area contributed by atoms with Crippen molar-refractivity contribution in [2.24, 2.45) is 0 Å². The van der Waals surface area contributed by atoms with Crippen LogP contribution in [0.4, 0.5) is 0 Å². The van der Waals surface area contributed by atoms with E-state index < -0.39 is 0 Å². The van der Waals surface area contributed by atoms with E-state index in [2.05, 4.69) is 44.3 Å². The topological polar surface area (TPSA) is 21.3 Å². The lowest BCUT2D eigenvalue weighted by Crippen LogP contribution is -2.40. The predicted octanol–water partition coefficient (Wildman–Crippen LogP) is 3.11. The van der Waals surface area contributed by atoms with E-state index in [-0.39, 0.29) is 5.54 Å². The van der Waals surface area contributed by atoms with Crippen LogP contribution in [-0.4, -0.2) is 19.2 Å². The Hall–Kier alpha value is -1.02.